The molecular weight excluding hydrogens is 330 g/mol. The first-order valence-corrected chi connectivity index (χ1v) is 8.26. The molecular formula is C21H17NO4. The molecule has 4 rings (SSSR count). The van der Waals surface area contributed by atoms with Crippen LogP contribution in [-0.4, -0.2) is 24.0 Å². The van der Waals surface area contributed by atoms with Gasteiger partial charge in [-0.05, 0) is 24.6 Å². The number of hydrogen-bond acceptors (Lipinski definition) is 5. The smallest absolute Gasteiger partial charge is 0.336 e. The Morgan fingerprint density at radius 1 is 1.08 bits per heavy atom. The van der Waals surface area contributed by atoms with E-state index >= 15 is 0 Å². The van der Waals surface area contributed by atoms with Gasteiger partial charge < -0.3 is 15.2 Å². The molecule has 0 fully saturated rings. The third-order valence-corrected chi connectivity index (χ3v) is 4.88. The van der Waals surface area contributed by atoms with Crippen molar-refractivity contribution in [2.24, 2.45) is 0 Å². The van der Waals surface area contributed by atoms with Gasteiger partial charge in [0.05, 0.1) is 18.4 Å². The lowest BCUT2D eigenvalue weighted by Gasteiger charge is -2.29. The number of allylic oxidation sites excluding steroid dienone is 2. The molecule has 0 amide bonds. The second-order valence-electron chi connectivity index (χ2n) is 6.34. The lowest BCUT2D eigenvalue weighted by Crippen LogP contribution is -2.29. The summed E-state index contributed by atoms with van der Waals surface area (Å²) in [7, 11) is 1.33. The molecule has 1 heterocycles. The van der Waals surface area contributed by atoms with E-state index in [1.165, 1.54) is 7.11 Å². The molecule has 130 valence electrons. The molecule has 2 aromatic rings. The molecule has 0 saturated carbocycles. The van der Waals surface area contributed by atoms with E-state index in [4.69, 9.17) is 4.74 Å². The molecule has 0 aromatic heterocycles. The van der Waals surface area contributed by atoms with E-state index in [1.54, 1.807) is 37.3 Å². The number of nitrogens with one attached hydrogen (secondary N) is 1. The second kappa shape index (κ2) is 5.88. The highest BCUT2D eigenvalue weighted by molar-refractivity contribution is 6.23. The fraction of sp³-hybridized carbons (Fsp3) is 0.143. The average Bonchev–Trinajstić information content (AvgIpc) is 2.93. The number of phenolic OH excluding ortho intramolecular Hbond substituents is 1. The van der Waals surface area contributed by atoms with Crippen molar-refractivity contribution >= 4 is 17.4 Å². The molecule has 2 aliphatic rings. The summed E-state index contributed by atoms with van der Waals surface area (Å²) in [6, 6.07) is 13.9. The zero-order chi connectivity index (χ0) is 18.4. The van der Waals surface area contributed by atoms with Crippen molar-refractivity contribution in [3.05, 3.63) is 82.1 Å². The van der Waals surface area contributed by atoms with E-state index < -0.39 is 11.9 Å². The number of dihydropyridines is 1. The lowest BCUT2D eigenvalue weighted by molar-refractivity contribution is -0.136. The first-order chi connectivity index (χ1) is 12.5. The molecule has 0 saturated heterocycles. The van der Waals surface area contributed by atoms with Gasteiger partial charge >= 0.3 is 5.97 Å². The number of methoxy groups -OCH3 is 1. The van der Waals surface area contributed by atoms with Gasteiger partial charge in [-0.3, -0.25) is 4.79 Å². The molecule has 0 unspecified atom stereocenters. The van der Waals surface area contributed by atoms with Crippen LogP contribution >= 0.6 is 0 Å². The number of carbonyl (C=O) groups excluding carboxylic acids is 2. The van der Waals surface area contributed by atoms with Crippen molar-refractivity contribution in [2.45, 2.75) is 12.8 Å². The fourth-order valence-electron chi connectivity index (χ4n) is 3.71. The van der Waals surface area contributed by atoms with E-state index in [9.17, 15) is 14.7 Å². The molecule has 1 aliphatic carbocycles. The third kappa shape index (κ3) is 2.24. The number of ketones is 1. The first kappa shape index (κ1) is 16.1. The van der Waals surface area contributed by atoms with Gasteiger partial charge in [0.25, 0.3) is 0 Å². The van der Waals surface area contributed by atoms with Crippen LogP contribution in [-0.2, 0) is 9.53 Å². The Kier molecular flexibility index (Phi) is 3.65. The number of hydrogen-bond donors (Lipinski definition) is 2. The van der Waals surface area contributed by atoms with E-state index in [-0.39, 0.29) is 11.5 Å². The van der Waals surface area contributed by atoms with Gasteiger partial charge in [0, 0.05) is 28.3 Å². The van der Waals surface area contributed by atoms with Crippen LogP contribution < -0.4 is 5.32 Å². The molecule has 26 heavy (non-hydrogen) atoms. The maximum Gasteiger partial charge on any atom is 0.336 e. The summed E-state index contributed by atoms with van der Waals surface area (Å²) in [6.07, 6.45) is 0. The number of benzene rings is 2. The van der Waals surface area contributed by atoms with E-state index in [1.807, 2.05) is 18.2 Å². The van der Waals surface area contributed by atoms with Gasteiger partial charge in [0.1, 0.15) is 5.75 Å². The summed E-state index contributed by atoms with van der Waals surface area (Å²) in [6.45, 7) is 1.80. The molecule has 0 spiro atoms. The quantitative estimate of drug-likeness (QED) is 0.817. The summed E-state index contributed by atoms with van der Waals surface area (Å²) in [5.41, 5.74) is 4.51. The number of ether oxygens (including phenoxy) is 1. The maximum atomic E-state index is 13.1. The number of carbonyl (C=O) groups is 2. The minimum atomic E-state index is -0.556. The third-order valence-electron chi connectivity index (χ3n) is 4.88. The zero-order valence-electron chi connectivity index (χ0n) is 14.4. The molecule has 5 heteroatoms. The molecule has 5 nitrogen and oxygen atoms in total. The predicted octanol–water partition coefficient (Wildman–Crippen LogP) is 3.13. The predicted molar refractivity (Wildman–Crippen MR) is 96.4 cm³/mol. The van der Waals surface area contributed by atoms with Crippen molar-refractivity contribution < 1.29 is 19.4 Å². The zero-order valence-corrected chi connectivity index (χ0v) is 14.4. The Labute approximate surface area is 150 Å². The molecule has 2 aromatic carbocycles. The Balaban J connectivity index is 1.95. The topological polar surface area (TPSA) is 75.6 Å². The van der Waals surface area contributed by atoms with Crippen LogP contribution in [0.1, 0.15) is 34.3 Å². The van der Waals surface area contributed by atoms with E-state index in [0.29, 0.717) is 22.4 Å². The molecule has 2 N–H and O–H groups in total. The highest BCUT2D eigenvalue weighted by atomic mass is 16.5. The Morgan fingerprint density at radius 3 is 2.38 bits per heavy atom. The van der Waals surface area contributed by atoms with Crippen LogP contribution in [0.3, 0.4) is 0 Å². The number of fused-ring (bicyclic) bond motifs is 2. The number of phenols is 1. The summed E-state index contributed by atoms with van der Waals surface area (Å²) in [4.78, 5) is 25.6. The van der Waals surface area contributed by atoms with Gasteiger partial charge in [-0.2, -0.15) is 0 Å². The summed E-state index contributed by atoms with van der Waals surface area (Å²) in [5.74, 6) is -1.02. The minimum Gasteiger partial charge on any atom is -0.508 e. The van der Waals surface area contributed by atoms with Crippen LogP contribution in [0.2, 0.25) is 0 Å². The summed E-state index contributed by atoms with van der Waals surface area (Å²) in [5, 5.41) is 12.8. The van der Waals surface area contributed by atoms with E-state index in [2.05, 4.69) is 5.32 Å². The van der Waals surface area contributed by atoms with Crippen LogP contribution in [0.15, 0.2) is 65.4 Å². The minimum absolute atomic E-state index is 0.102. The first-order valence-electron chi connectivity index (χ1n) is 8.26. The van der Waals surface area contributed by atoms with Crippen LogP contribution in [0.25, 0.3) is 5.70 Å². The molecule has 0 bridgehead atoms. The van der Waals surface area contributed by atoms with Crippen molar-refractivity contribution in [3.63, 3.8) is 0 Å². The van der Waals surface area contributed by atoms with Crippen molar-refractivity contribution in [1.82, 2.24) is 5.32 Å². The molecule has 1 atom stereocenters. The van der Waals surface area contributed by atoms with E-state index in [0.717, 1.165) is 16.8 Å². The van der Waals surface area contributed by atoms with Gasteiger partial charge in [0.15, 0.2) is 5.78 Å². The van der Waals surface area contributed by atoms with Gasteiger partial charge in [-0.25, -0.2) is 4.79 Å². The number of aromatic hydroxyl groups is 1. The standard InChI is InChI=1S/C21H17NO4/c1-11-16(21(25)26-2)17(12-7-9-13(23)10-8-12)18-19(22-11)14-5-3-4-6-15(14)20(18)24/h3-10,17,22-23H,1-2H3/t17-/m1/s1. The Morgan fingerprint density at radius 2 is 1.73 bits per heavy atom. The van der Waals surface area contributed by atoms with Crippen molar-refractivity contribution in [1.29, 1.82) is 0 Å². The number of Topliss-reactive ketones (excluding diaryl/α,β-unsaturated/α-hetero) is 1. The Bertz CT molecular complexity index is 999. The molecule has 1 aliphatic heterocycles. The second-order valence-corrected chi connectivity index (χ2v) is 6.34. The normalized spacial score (nSPS) is 18.4. The SMILES string of the molecule is COC(=O)C1=C(C)NC2=C(C(=O)c3ccccc32)[C@@H]1c1ccc(O)cc1. The maximum absolute atomic E-state index is 13.1. The summed E-state index contributed by atoms with van der Waals surface area (Å²) < 4.78 is 4.98. The van der Waals surface area contributed by atoms with Gasteiger partial charge in [-0.1, -0.05) is 36.4 Å². The van der Waals surface area contributed by atoms with Crippen molar-refractivity contribution in [2.75, 3.05) is 7.11 Å². The highest BCUT2D eigenvalue weighted by Gasteiger charge is 2.42. The molecule has 0 radical (unpaired) electrons. The van der Waals surface area contributed by atoms with Crippen molar-refractivity contribution in [3.8, 4) is 5.75 Å². The van der Waals surface area contributed by atoms with Gasteiger partial charge in [-0.15, -0.1) is 0 Å². The van der Waals surface area contributed by atoms with Crippen LogP contribution in [0.4, 0.5) is 0 Å². The average molecular weight is 347 g/mol. The Hall–Kier alpha value is -3.34. The van der Waals surface area contributed by atoms with Gasteiger partial charge in [0.2, 0.25) is 0 Å². The number of esters is 1. The monoisotopic (exact) mass is 347 g/mol. The number of rotatable bonds is 2. The lowest BCUT2D eigenvalue weighted by atomic mass is 9.80. The summed E-state index contributed by atoms with van der Waals surface area (Å²) >= 11 is 0. The van der Waals surface area contributed by atoms with Crippen LogP contribution in [0.5, 0.6) is 5.75 Å². The fourth-order valence-corrected chi connectivity index (χ4v) is 3.71. The van der Waals surface area contributed by atoms with Crippen LogP contribution in [0, 0.1) is 0 Å². The highest BCUT2D eigenvalue weighted by Crippen LogP contribution is 2.46. The largest absolute Gasteiger partial charge is 0.508 e.